The Labute approximate surface area is 181 Å². The Kier molecular flexibility index (Phi) is 7.30. The molecule has 0 radical (unpaired) electrons. The Bertz CT molecular complexity index is 867. The second kappa shape index (κ2) is 9.91. The monoisotopic (exact) mass is 432 g/mol. The van der Waals surface area contributed by atoms with Crippen LogP contribution in [0, 0.1) is 0 Å². The van der Waals surface area contributed by atoms with E-state index in [0.717, 1.165) is 38.4 Å². The van der Waals surface area contributed by atoms with E-state index in [-0.39, 0.29) is 11.0 Å². The van der Waals surface area contributed by atoms with Crippen LogP contribution in [0.4, 0.5) is 11.4 Å². The first-order valence-electron chi connectivity index (χ1n) is 9.53. The summed E-state index contributed by atoms with van der Waals surface area (Å²) in [6.07, 6.45) is 0. The molecule has 0 aromatic heterocycles. The highest BCUT2D eigenvalue weighted by molar-refractivity contribution is 7.80. The number of anilines is 2. The van der Waals surface area contributed by atoms with Gasteiger partial charge in [0.25, 0.3) is 5.91 Å². The molecule has 1 amide bonds. The second-order valence-electron chi connectivity index (χ2n) is 6.72. The van der Waals surface area contributed by atoms with Gasteiger partial charge in [0, 0.05) is 42.6 Å². The number of nitrogens with zero attached hydrogens (tertiary/aromatic N) is 2. The predicted octanol–water partition coefficient (Wildman–Crippen LogP) is 3.62. The van der Waals surface area contributed by atoms with Gasteiger partial charge in [-0.15, -0.1) is 0 Å². The van der Waals surface area contributed by atoms with Crippen molar-refractivity contribution in [3.8, 4) is 5.75 Å². The molecule has 6 nitrogen and oxygen atoms in total. The normalized spacial score (nSPS) is 14.4. The number of nitrogens with one attached hydrogen (secondary N) is 2. The minimum atomic E-state index is -0.382. The second-order valence-corrected chi connectivity index (χ2v) is 7.57. The third kappa shape index (κ3) is 5.59. The van der Waals surface area contributed by atoms with E-state index in [1.165, 1.54) is 12.8 Å². The Morgan fingerprint density at radius 2 is 1.83 bits per heavy atom. The van der Waals surface area contributed by atoms with Gasteiger partial charge in [0.1, 0.15) is 5.75 Å². The Morgan fingerprint density at radius 1 is 1.14 bits per heavy atom. The maximum absolute atomic E-state index is 12.5. The van der Waals surface area contributed by atoms with Crippen molar-refractivity contribution in [2.45, 2.75) is 6.92 Å². The molecule has 2 aromatic carbocycles. The Balaban J connectivity index is 1.57. The van der Waals surface area contributed by atoms with Crippen LogP contribution in [0.25, 0.3) is 0 Å². The molecule has 0 unspecified atom stereocenters. The molecule has 3 rings (SSSR count). The van der Waals surface area contributed by atoms with Crippen molar-refractivity contribution in [1.82, 2.24) is 10.2 Å². The van der Waals surface area contributed by atoms with E-state index in [4.69, 9.17) is 28.6 Å². The minimum Gasteiger partial charge on any atom is -0.496 e. The summed E-state index contributed by atoms with van der Waals surface area (Å²) in [6, 6.07) is 12.9. The number of rotatable bonds is 5. The largest absolute Gasteiger partial charge is 0.496 e. The molecule has 0 bridgehead atoms. The topological polar surface area (TPSA) is 56.8 Å². The number of halogens is 1. The fourth-order valence-electron chi connectivity index (χ4n) is 3.27. The summed E-state index contributed by atoms with van der Waals surface area (Å²) in [6.45, 7) is 7.51. The number of carbonyl (C=O) groups excluding carboxylic acids is 1. The number of piperazine rings is 1. The molecular weight excluding hydrogens is 408 g/mol. The zero-order chi connectivity index (χ0) is 20.8. The van der Waals surface area contributed by atoms with E-state index in [1.807, 2.05) is 12.1 Å². The minimum absolute atomic E-state index is 0.210. The van der Waals surface area contributed by atoms with E-state index in [1.54, 1.807) is 18.2 Å². The van der Waals surface area contributed by atoms with Gasteiger partial charge in [-0.25, -0.2) is 0 Å². The van der Waals surface area contributed by atoms with Crippen LogP contribution in [0.3, 0.4) is 0 Å². The third-order valence-corrected chi connectivity index (χ3v) is 5.38. The Morgan fingerprint density at radius 3 is 2.45 bits per heavy atom. The van der Waals surface area contributed by atoms with Gasteiger partial charge in [0.05, 0.1) is 12.7 Å². The summed E-state index contributed by atoms with van der Waals surface area (Å²) in [5, 5.41) is 6.36. The van der Waals surface area contributed by atoms with Gasteiger partial charge < -0.3 is 19.9 Å². The summed E-state index contributed by atoms with van der Waals surface area (Å²) in [5.74, 6) is 0.0505. The van der Waals surface area contributed by atoms with Gasteiger partial charge >= 0.3 is 0 Å². The lowest BCUT2D eigenvalue weighted by atomic mass is 10.2. The van der Waals surface area contributed by atoms with E-state index in [9.17, 15) is 4.79 Å². The molecule has 2 N–H and O–H groups in total. The Hall–Kier alpha value is -2.35. The van der Waals surface area contributed by atoms with Crippen LogP contribution in [-0.4, -0.2) is 55.8 Å². The van der Waals surface area contributed by atoms with Crippen molar-refractivity contribution in [2.75, 3.05) is 50.1 Å². The molecule has 29 heavy (non-hydrogen) atoms. The maximum atomic E-state index is 12.5. The van der Waals surface area contributed by atoms with E-state index in [0.29, 0.717) is 16.3 Å². The summed E-state index contributed by atoms with van der Waals surface area (Å²) < 4.78 is 5.22. The summed E-state index contributed by atoms with van der Waals surface area (Å²) >= 11 is 11.3. The first kappa shape index (κ1) is 21.4. The lowest BCUT2D eigenvalue weighted by Crippen LogP contribution is -2.46. The number of thiocarbonyl (C=S) groups is 1. The number of methoxy groups -OCH3 is 1. The van der Waals surface area contributed by atoms with Crippen LogP contribution < -0.4 is 20.3 Å². The summed E-state index contributed by atoms with van der Waals surface area (Å²) in [7, 11) is 1.50. The van der Waals surface area contributed by atoms with Gasteiger partial charge in [-0.3, -0.25) is 10.1 Å². The average molecular weight is 433 g/mol. The molecule has 1 saturated heterocycles. The molecule has 0 saturated carbocycles. The molecule has 1 aliphatic heterocycles. The van der Waals surface area contributed by atoms with Gasteiger partial charge in [0.15, 0.2) is 5.11 Å². The van der Waals surface area contributed by atoms with E-state index in [2.05, 4.69) is 39.5 Å². The lowest BCUT2D eigenvalue weighted by Gasteiger charge is -2.35. The smallest absolute Gasteiger partial charge is 0.261 e. The van der Waals surface area contributed by atoms with Crippen molar-refractivity contribution < 1.29 is 9.53 Å². The van der Waals surface area contributed by atoms with Crippen molar-refractivity contribution >= 4 is 46.2 Å². The zero-order valence-electron chi connectivity index (χ0n) is 16.6. The number of amides is 1. The number of ether oxygens (including phenoxy) is 1. The molecule has 0 aliphatic carbocycles. The first-order valence-corrected chi connectivity index (χ1v) is 10.3. The third-order valence-electron chi connectivity index (χ3n) is 4.94. The highest BCUT2D eigenvalue weighted by atomic mass is 35.5. The van der Waals surface area contributed by atoms with Crippen LogP contribution >= 0.6 is 23.8 Å². The average Bonchev–Trinajstić information content (AvgIpc) is 2.74. The number of hydrogen-bond acceptors (Lipinski definition) is 5. The molecule has 1 heterocycles. The molecular formula is C21H25ClN4O2S. The molecule has 0 atom stereocenters. The van der Waals surface area contributed by atoms with Gasteiger partial charge in [-0.05, 0) is 61.2 Å². The maximum Gasteiger partial charge on any atom is 0.261 e. The SMILES string of the molecule is CCN1CCN(c2ccc(NC(=S)NC(=O)c3cc(Cl)ccc3OC)cc2)CC1. The standard InChI is InChI=1S/C21H25ClN4O2S/c1-3-25-10-12-26(13-11-25)17-7-5-16(6-8-17)23-21(29)24-20(27)18-14-15(22)4-9-19(18)28-2/h4-9,14H,3,10-13H2,1-2H3,(H2,23,24,27,29). The van der Waals surface area contributed by atoms with Crippen LogP contribution in [0.2, 0.25) is 5.02 Å². The lowest BCUT2D eigenvalue weighted by molar-refractivity contribution is 0.0975. The van der Waals surface area contributed by atoms with Crippen LogP contribution in [0.5, 0.6) is 5.75 Å². The fraction of sp³-hybridized carbons (Fsp3) is 0.333. The zero-order valence-corrected chi connectivity index (χ0v) is 18.1. The van der Waals surface area contributed by atoms with Crippen LogP contribution in [0.15, 0.2) is 42.5 Å². The number of benzene rings is 2. The van der Waals surface area contributed by atoms with Crippen molar-refractivity contribution in [1.29, 1.82) is 0 Å². The van der Waals surface area contributed by atoms with Crippen molar-refractivity contribution in [3.05, 3.63) is 53.1 Å². The molecule has 154 valence electrons. The fourth-order valence-corrected chi connectivity index (χ4v) is 3.65. The van der Waals surface area contributed by atoms with E-state index < -0.39 is 0 Å². The molecule has 0 spiro atoms. The van der Waals surface area contributed by atoms with Crippen LogP contribution in [0.1, 0.15) is 17.3 Å². The summed E-state index contributed by atoms with van der Waals surface area (Å²) in [5.41, 5.74) is 2.32. The molecule has 8 heteroatoms. The van der Waals surface area contributed by atoms with Crippen LogP contribution in [-0.2, 0) is 0 Å². The number of likely N-dealkylation sites (N-methyl/N-ethyl adjacent to an activating group) is 1. The number of hydrogen-bond donors (Lipinski definition) is 2. The van der Waals surface area contributed by atoms with Gasteiger partial charge in [-0.1, -0.05) is 18.5 Å². The highest BCUT2D eigenvalue weighted by Crippen LogP contribution is 2.23. The number of carbonyl (C=O) groups is 1. The molecule has 1 fully saturated rings. The van der Waals surface area contributed by atoms with E-state index >= 15 is 0 Å². The van der Waals surface area contributed by atoms with Crippen molar-refractivity contribution in [2.24, 2.45) is 0 Å². The summed E-state index contributed by atoms with van der Waals surface area (Å²) in [4.78, 5) is 17.3. The highest BCUT2D eigenvalue weighted by Gasteiger charge is 2.16. The van der Waals surface area contributed by atoms with Gasteiger partial charge in [0.2, 0.25) is 0 Å². The molecule has 2 aromatic rings. The van der Waals surface area contributed by atoms with Gasteiger partial charge in [-0.2, -0.15) is 0 Å². The van der Waals surface area contributed by atoms with Crippen molar-refractivity contribution in [3.63, 3.8) is 0 Å². The molecule has 1 aliphatic rings. The first-order chi connectivity index (χ1) is 14.0. The predicted molar refractivity (Wildman–Crippen MR) is 122 cm³/mol. The quantitative estimate of drug-likeness (QED) is 0.704.